The number of benzene rings is 1. The van der Waals surface area contributed by atoms with E-state index in [1.807, 2.05) is 58.0 Å². The van der Waals surface area contributed by atoms with Crippen LogP contribution in [0.1, 0.15) is 121 Å². The summed E-state index contributed by atoms with van der Waals surface area (Å²) < 4.78 is 33.0. The molecule has 330 valence electrons. The molecule has 1 aromatic heterocycles. The minimum absolute atomic E-state index is 0.0853. The summed E-state index contributed by atoms with van der Waals surface area (Å²) in [5.41, 5.74) is 4.22. The average Bonchev–Trinajstić information content (AvgIpc) is 3.24. The van der Waals surface area contributed by atoms with Gasteiger partial charge in [0, 0.05) is 49.8 Å². The number of nitrogens with zero attached hydrogens (tertiary/aromatic N) is 3. The zero-order chi connectivity index (χ0) is 42.7. The number of unbranched alkanes of at least 4 members (excludes halogenated alkanes) is 2. The molecular weight excluding hydrogens is 763 g/mol. The van der Waals surface area contributed by atoms with Gasteiger partial charge < -0.3 is 38.7 Å². The molecule has 2 aliphatic heterocycles. The Labute approximate surface area is 357 Å². The monoisotopic (exact) mass is 832 g/mol. The van der Waals surface area contributed by atoms with Gasteiger partial charge in [-0.25, -0.2) is 4.79 Å². The Morgan fingerprint density at radius 1 is 1.10 bits per heavy atom. The van der Waals surface area contributed by atoms with Crippen molar-refractivity contribution in [1.29, 1.82) is 0 Å². The number of amides is 1. The number of hydrogen-bond donors (Lipinski definition) is 2. The lowest BCUT2D eigenvalue weighted by molar-refractivity contribution is -0.255. The van der Waals surface area contributed by atoms with E-state index in [2.05, 4.69) is 30.6 Å². The van der Waals surface area contributed by atoms with Crippen molar-refractivity contribution in [3.8, 4) is 11.5 Å². The molecule has 1 aromatic carbocycles. The summed E-state index contributed by atoms with van der Waals surface area (Å²) in [4.78, 5) is 27.2. The smallest absolute Gasteiger partial charge is 0.410 e. The molecule has 3 heterocycles. The second-order valence-electron chi connectivity index (χ2n) is 18.0. The molecule has 4 aliphatic rings. The van der Waals surface area contributed by atoms with E-state index in [-0.39, 0.29) is 49.6 Å². The summed E-state index contributed by atoms with van der Waals surface area (Å²) in [6.07, 6.45) is 11.6. The van der Waals surface area contributed by atoms with Crippen molar-refractivity contribution in [2.75, 3.05) is 39.6 Å². The largest absolute Gasteiger partial charge is 0.487 e. The van der Waals surface area contributed by atoms with Gasteiger partial charge in [-0.2, -0.15) is 0 Å². The van der Waals surface area contributed by atoms with Gasteiger partial charge in [-0.15, -0.1) is 6.58 Å². The van der Waals surface area contributed by atoms with Crippen LogP contribution < -0.4 is 9.47 Å². The molecular formula is C48H69N3O9. The fourth-order valence-corrected chi connectivity index (χ4v) is 9.47. The van der Waals surface area contributed by atoms with Crippen molar-refractivity contribution in [3.05, 3.63) is 77.7 Å². The highest BCUT2D eigenvalue weighted by Crippen LogP contribution is 2.62. The number of hydrogen-bond acceptors (Lipinski definition) is 11. The van der Waals surface area contributed by atoms with E-state index in [0.29, 0.717) is 56.9 Å². The highest BCUT2D eigenvalue weighted by atomic mass is 16.8. The predicted octanol–water partition coefficient (Wildman–Crippen LogP) is 9.02. The van der Waals surface area contributed by atoms with Gasteiger partial charge in [0.2, 0.25) is 12.1 Å². The van der Waals surface area contributed by atoms with Gasteiger partial charge in [0.25, 0.3) is 0 Å². The third-order valence-corrected chi connectivity index (χ3v) is 12.1. The summed E-state index contributed by atoms with van der Waals surface area (Å²) in [7, 11) is 0. The number of aliphatic hydroxyl groups is 2. The van der Waals surface area contributed by atoms with Gasteiger partial charge in [0.15, 0.2) is 0 Å². The first kappa shape index (κ1) is 45.6. The third kappa shape index (κ3) is 10.9. The van der Waals surface area contributed by atoms with Crippen molar-refractivity contribution in [2.24, 2.45) is 28.3 Å². The molecule has 1 saturated heterocycles. The van der Waals surface area contributed by atoms with Gasteiger partial charge in [-0.3, -0.25) is 9.88 Å². The van der Waals surface area contributed by atoms with Crippen LogP contribution in [0.2, 0.25) is 0 Å². The molecule has 1 saturated carbocycles. The summed E-state index contributed by atoms with van der Waals surface area (Å²) in [6.45, 7) is 16.2. The van der Waals surface area contributed by atoms with Gasteiger partial charge >= 0.3 is 6.09 Å². The molecule has 12 nitrogen and oxygen atoms in total. The van der Waals surface area contributed by atoms with Crippen LogP contribution in [0, 0.1) is 30.1 Å². The van der Waals surface area contributed by atoms with E-state index in [9.17, 15) is 15.0 Å². The number of oxime groups is 1. The van der Waals surface area contributed by atoms with E-state index in [0.717, 1.165) is 73.2 Å². The molecule has 0 bridgehead atoms. The lowest BCUT2D eigenvalue weighted by Crippen LogP contribution is -2.70. The fraction of sp³-hybridized carbons (Fsp3) is 0.646. The lowest BCUT2D eigenvalue weighted by atomic mass is 9.55. The molecule has 0 radical (unpaired) electrons. The summed E-state index contributed by atoms with van der Waals surface area (Å²) >= 11 is 0. The van der Waals surface area contributed by atoms with Crippen LogP contribution in [0.15, 0.2) is 65.9 Å². The number of aliphatic hydroxyl groups excluding tert-OH is 2. The Balaban J connectivity index is 1.55. The number of rotatable bonds is 20. The third-order valence-electron chi connectivity index (χ3n) is 12.1. The molecule has 2 fully saturated rings. The molecule has 7 atom stereocenters. The normalized spacial score (nSPS) is 26.6. The Bertz CT molecular complexity index is 1790. The fourth-order valence-electron chi connectivity index (χ4n) is 9.47. The van der Waals surface area contributed by atoms with E-state index in [1.165, 1.54) is 0 Å². The van der Waals surface area contributed by atoms with Gasteiger partial charge in [-0.1, -0.05) is 63.9 Å². The van der Waals surface area contributed by atoms with Crippen LogP contribution >= 0.6 is 0 Å². The molecule has 2 aromatic rings. The Morgan fingerprint density at radius 2 is 1.90 bits per heavy atom. The number of aromatic nitrogens is 1. The number of ether oxygens (including phenoxy) is 5. The molecule has 60 heavy (non-hydrogen) atoms. The minimum Gasteiger partial charge on any atom is -0.487 e. The van der Waals surface area contributed by atoms with Crippen LogP contribution in [-0.2, 0) is 25.7 Å². The molecule has 6 rings (SSSR count). The highest BCUT2D eigenvalue weighted by molar-refractivity contribution is 6.03. The number of aryl methyl sites for hydroxylation is 1. The van der Waals surface area contributed by atoms with Gasteiger partial charge in [-0.05, 0) is 105 Å². The van der Waals surface area contributed by atoms with E-state index >= 15 is 0 Å². The summed E-state index contributed by atoms with van der Waals surface area (Å²) in [6, 6.07) is 11.3. The van der Waals surface area contributed by atoms with Gasteiger partial charge in [0.05, 0.1) is 37.1 Å². The minimum atomic E-state index is -1.37. The number of carbonyl (C=O) groups excluding carboxylic acids is 1. The quantitative estimate of drug-likeness (QED) is 0.0755. The standard InChI is InChI=1S/C48H69N3O9/c1-7-23-51(46(54)57-32-47(4,5)6)42-30-40(50-60-43-20-11-14-27-55-43)38-28-34(17-9-12-24-52)37(19-10-13-25-53)44-39-29-36(56-31-35-18-15-16-33(3)49-35)21-22-41(39)59-48(42,45(38)44)58-26-8-2/h8,15-16,18,21-22,28-29,34,37,42-45,52-53H,2,7,9-14,17,19-20,23-27,30-32H2,1,3-6H3. The van der Waals surface area contributed by atoms with Crippen molar-refractivity contribution in [1.82, 2.24) is 9.88 Å². The van der Waals surface area contributed by atoms with E-state index in [1.54, 1.807) is 11.0 Å². The molecule has 7 unspecified atom stereocenters. The number of allylic oxidation sites excluding steroid dienone is 1. The molecule has 2 N–H and O–H groups in total. The van der Waals surface area contributed by atoms with Crippen LogP contribution in [0.5, 0.6) is 11.5 Å². The van der Waals surface area contributed by atoms with Crippen LogP contribution in [0.25, 0.3) is 0 Å². The van der Waals surface area contributed by atoms with Crippen molar-refractivity contribution in [2.45, 2.75) is 136 Å². The number of pyridine rings is 1. The molecule has 1 amide bonds. The van der Waals surface area contributed by atoms with Crippen LogP contribution in [0.3, 0.4) is 0 Å². The number of fused-ring (bicyclic) bond motifs is 2. The van der Waals surface area contributed by atoms with Crippen molar-refractivity contribution < 1.29 is 43.5 Å². The maximum Gasteiger partial charge on any atom is 0.410 e. The van der Waals surface area contributed by atoms with Crippen LogP contribution in [-0.4, -0.2) is 89.6 Å². The Morgan fingerprint density at radius 3 is 2.60 bits per heavy atom. The predicted molar refractivity (Wildman–Crippen MR) is 231 cm³/mol. The maximum atomic E-state index is 14.5. The second kappa shape index (κ2) is 21.2. The van der Waals surface area contributed by atoms with Crippen molar-refractivity contribution >= 4 is 11.8 Å². The summed E-state index contributed by atoms with van der Waals surface area (Å²) in [5.74, 6) is -0.429. The average molecular weight is 832 g/mol. The first-order chi connectivity index (χ1) is 29.0. The van der Waals surface area contributed by atoms with Crippen LogP contribution in [0.4, 0.5) is 4.79 Å². The lowest BCUT2D eigenvalue weighted by Gasteiger charge is -2.60. The highest BCUT2D eigenvalue weighted by Gasteiger charge is 2.65. The number of carbonyl (C=O) groups is 1. The zero-order valence-electron chi connectivity index (χ0n) is 36.6. The van der Waals surface area contributed by atoms with E-state index < -0.39 is 30.1 Å². The molecule has 2 aliphatic carbocycles. The molecule has 0 spiro atoms. The van der Waals surface area contributed by atoms with Gasteiger partial charge in [0.1, 0.15) is 24.1 Å². The second-order valence-corrected chi connectivity index (χ2v) is 18.0. The topological polar surface area (TPSA) is 141 Å². The zero-order valence-corrected chi connectivity index (χ0v) is 36.6. The van der Waals surface area contributed by atoms with E-state index in [4.69, 9.17) is 33.7 Å². The Hall–Kier alpha value is -3.97. The van der Waals surface area contributed by atoms with Crippen molar-refractivity contribution in [3.63, 3.8) is 0 Å². The first-order valence-electron chi connectivity index (χ1n) is 22.4. The summed E-state index contributed by atoms with van der Waals surface area (Å²) in [5, 5.41) is 24.8. The molecule has 12 heteroatoms. The Kier molecular flexibility index (Phi) is 16.1. The first-order valence-corrected chi connectivity index (χ1v) is 22.4. The maximum absolute atomic E-state index is 14.5. The SMILES string of the molecule is C=CCOC12Oc3ccc(OCc4cccc(C)n4)cc3C3C(CCCCO)C(CCCCO)C=C(C(=NOC4CCCCO4)CC1N(CCC)C(=O)OCC(C)(C)C)C32.